The fraction of sp³-hybridized carbons (Fsp3) is 0.591. The smallest absolute Gasteiger partial charge is 0.340 e. The predicted molar refractivity (Wildman–Crippen MR) is 115 cm³/mol. The summed E-state index contributed by atoms with van der Waals surface area (Å²) in [5, 5.41) is 3.05. The number of rotatable bonds is 7. The first kappa shape index (κ1) is 23.3. The summed E-state index contributed by atoms with van der Waals surface area (Å²) in [5.74, 6) is 0.338. The number of ether oxygens (including phenoxy) is 1. The summed E-state index contributed by atoms with van der Waals surface area (Å²) in [6, 6.07) is 7.10. The van der Waals surface area contributed by atoms with E-state index in [1.165, 1.54) is 23.1 Å². The zero-order valence-electron chi connectivity index (χ0n) is 17.9. The van der Waals surface area contributed by atoms with Gasteiger partial charge in [-0.1, -0.05) is 38.8 Å². The van der Waals surface area contributed by atoms with Gasteiger partial charge in [0.2, 0.25) is 5.91 Å². The van der Waals surface area contributed by atoms with Gasteiger partial charge in [-0.25, -0.2) is 4.79 Å². The van der Waals surface area contributed by atoms with Gasteiger partial charge in [0.05, 0.1) is 11.3 Å². The zero-order chi connectivity index (χ0) is 21.6. The van der Waals surface area contributed by atoms with Crippen LogP contribution in [-0.2, 0) is 14.3 Å². The third-order valence-corrected chi connectivity index (χ3v) is 6.70. The van der Waals surface area contributed by atoms with Crippen LogP contribution < -0.4 is 5.32 Å². The van der Waals surface area contributed by atoms with Gasteiger partial charge in [-0.15, -0.1) is 11.8 Å². The second-order valence-electron chi connectivity index (χ2n) is 8.00. The Morgan fingerprint density at radius 2 is 1.90 bits per heavy atom. The molecule has 7 heteroatoms. The number of carbonyl (C=O) groups excluding carboxylic acids is 3. The number of thioether (sulfide) groups is 1. The Balaban J connectivity index is 1.97. The van der Waals surface area contributed by atoms with Crippen molar-refractivity contribution in [2.45, 2.75) is 57.1 Å². The van der Waals surface area contributed by atoms with Crippen LogP contribution in [0.2, 0.25) is 0 Å². The van der Waals surface area contributed by atoms with Crippen LogP contribution >= 0.6 is 11.8 Å². The number of carbonyl (C=O) groups is 3. The number of amides is 2. The lowest BCUT2D eigenvalue weighted by Gasteiger charge is -2.35. The number of nitrogens with one attached hydrogen (secondary N) is 1. The summed E-state index contributed by atoms with van der Waals surface area (Å²) >= 11 is 1.28. The van der Waals surface area contributed by atoms with E-state index in [2.05, 4.69) is 19.2 Å². The Hall–Kier alpha value is -2.02. The van der Waals surface area contributed by atoms with Crippen LogP contribution in [0.1, 0.15) is 50.4 Å². The average molecular weight is 421 g/mol. The molecule has 0 aromatic heterocycles. The summed E-state index contributed by atoms with van der Waals surface area (Å²) in [6.45, 7) is 5.96. The van der Waals surface area contributed by atoms with Gasteiger partial charge in [0.1, 0.15) is 0 Å². The first-order valence-electron chi connectivity index (χ1n) is 10.1. The Bertz CT molecular complexity index is 737. The van der Waals surface area contributed by atoms with Crippen LogP contribution in [0, 0.1) is 11.8 Å². The van der Waals surface area contributed by atoms with E-state index in [0.29, 0.717) is 22.3 Å². The van der Waals surface area contributed by atoms with Crippen molar-refractivity contribution in [3.63, 3.8) is 0 Å². The molecule has 1 aromatic carbocycles. The first-order chi connectivity index (χ1) is 13.7. The van der Waals surface area contributed by atoms with Crippen LogP contribution in [0.4, 0.5) is 0 Å². The normalized spacial score (nSPS) is 22.4. The third kappa shape index (κ3) is 6.49. The molecule has 1 aliphatic rings. The number of hydrogen-bond acceptors (Lipinski definition) is 5. The molecule has 4 atom stereocenters. The lowest BCUT2D eigenvalue weighted by molar-refractivity contribution is -0.130. The Labute approximate surface area is 177 Å². The van der Waals surface area contributed by atoms with Crippen LogP contribution in [-0.4, -0.2) is 54.7 Å². The molecule has 0 spiro atoms. The van der Waals surface area contributed by atoms with Crippen LogP contribution in [0.25, 0.3) is 0 Å². The van der Waals surface area contributed by atoms with Crippen molar-refractivity contribution in [2.24, 2.45) is 11.8 Å². The predicted octanol–water partition coefficient (Wildman–Crippen LogP) is 3.35. The molecule has 0 aliphatic heterocycles. The number of hydrogen-bond donors (Lipinski definition) is 1. The van der Waals surface area contributed by atoms with E-state index < -0.39 is 12.1 Å². The maximum absolute atomic E-state index is 12.7. The lowest BCUT2D eigenvalue weighted by Crippen LogP contribution is -2.47. The standard InChI is InChI=1S/C22H32N2O4S/c1-14-9-8-11-18(15(14)2)23-21(26)16(3)28-22(27)17-10-6-7-12-19(17)29-13-20(25)24(4)5/h6-7,10,12,14-16,18H,8-9,11,13H2,1-5H3,(H,23,26)/t14-,15+,16+,18+/m0/s1. The van der Waals surface area contributed by atoms with Gasteiger partial charge in [-0.05, 0) is 37.3 Å². The van der Waals surface area contributed by atoms with Crippen molar-refractivity contribution < 1.29 is 19.1 Å². The molecular formula is C22H32N2O4S. The monoisotopic (exact) mass is 420 g/mol. The van der Waals surface area contributed by atoms with Crippen molar-refractivity contribution in [2.75, 3.05) is 19.8 Å². The van der Waals surface area contributed by atoms with Gasteiger partial charge < -0.3 is 15.0 Å². The van der Waals surface area contributed by atoms with E-state index >= 15 is 0 Å². The molecule has 6 nitrogen and oxygen atoms in total. The SMILES string of the molecule is C[C@@H]1[C@@H](C)CCC[C@H]1NC(=O)[C@@H](C)OC(=O)c1ccccc1SCC(=O)N(C)C. The Kier molecular flexibility index (Phi) is 8.56. The highest BCUT2D eigenvalue weighted by Crippen LogP contribution is 2.29. The highest BCUT2D eigenvalue weighted by Gasteiger charge is 2.30. The zero-order valence-corrected chi connectivity index (χ0v) is 18.8. The molecule has 0 radical (unpaired) electrons. The molecule has 2 rings (SSSR count). The topological polar surface area (TPSA) is 75.7 Å². The minimum atomic E-state index is -0.881. The molecule has 1 saturated carbocycles. The molecule has 2 amide bonds. The number of benzene rings is 1. The Morgan fingerprint density at radius 3 is 2.59 bits per heavy atom. The molecule has 1 N–H and O–H groups in total. The largest absolute Gasteiger partial charge is 0.449 e. The Morgan fingerprint density at radius 1 is 1.21 bits per heavy atom. The second kappa shape index (κ2) is 10.7. The maximum atomic E-state index is 12.7. The maximum Gasteiger partial charge on any atom is 0.340 e. The summed E-state index contributed by atoms with van der Waals surface area (Å²) in [5.41, 5.74) is 0.364. The fourth-order valence-corrected chi connectivity index (χ4v) is 4.41. The van der Waals surface area contributed by atoms with E-state index in [1.807, 2.05) is 0 Å². The van der Waals surface area contributed by atoms with Gasteiger partial charge in [0.25, 0.3) is 5.91 Å². The van der Waals surface area contributed by atoms with Gasteiger partial charge in [0.15, 0.2) is 6.10 Å². The third-order valence-electron chi connectivity index (χ3n) is 5.64. The van der Waals surface area contributed by atoms with Gasteiger partial charge in [-0.3, -0.25) is 9.59 Å². The van der Waals surface area contributed by atoms with E-state index in [9.17, 15) is 14.4 Å². The molecule has 1 aliphatic carbocycles. The average Bonchev–Trinajstić information content (AvgIpc) is 2.69. The molecule has 0 bridgehead atoms. The highest BCUT2D eigenvalue weighted by atomic mass is 32.2. The molecule has 160 valence electrons. The first-order valence-corrected chi connectivity index (χ1v) is 11.1. The summed E-state index contributed by atoms with van der Waals surface area (Å²) in [7, 11) is 3.38. The van der Waals surface area contributed by atoms with E-state index in [0.717, 1.165) is 12.8 Å². The minimum Gasteiger partial charge on any atom is -0.449 e. The van der Waals surface area contributed by atoms with Crippen molar-refractivity contribution in [1.29, 1.82) is 0 Å². The summed E-state index contributed by atoms with van der Waals surface area (Å²) < 4.78 is 5.44. The molecule has 0 unspecified atom stereocenters. The molecule has 1 fully saturated rings. The summed E-state index contributed by atoms with van der Waals surface area (Å²) in [4.78, 5) is 39.2. The van der Waals surface area contributed by atoms with Gasteiger partial charge in [-0.2, -0.15) is 0 Å². The van der Waals surface area contributed by atoms with Crippen LogP contribution in [0.15, 0.2) is 29.2 Å². The molecule has 0 heterocycles. The molecule has 1 aromatic rings. The minimum absolute atomic E-state index is 0.0400. The van der Waals surface area contributed by atoms with E-state index in [-0.39, 0.29) is 23.6 Å². The van der Waals surface area contributed by atoms with E-state index in [1.54, 1.807) is 45.3 Å². The molecule has 29 heavy (non-hydrogen) atoms. The number of nitrogens with zero attached hydrogens (tertiary/aromatic N) is 1. The van der Waals surface area contributed by atoms with Gasteiger partial charge in [0, 0.05) is 25.0 Å². The quantitative estimate of drug-likeness (QED) is 0.541. The number of esters is 1. The van der Waals surface area contributed by atoms with Gasteiger partial charge >= 0.3 is 5.97 Å². The lowest BCUT2D eigenvalue weighted by atomic mass is 9.78. The van der Waals surface area contributed by atoms with Crippen molar-refractivity contribution >= 4 is 29.5 Å². The van der Waals surface area contributed by atoms with Crippen LogP contribution in [0.3, 0.4) is 0 Å². The van der Waals surface area contributed by atoms with Crippen molar-refractivity contribution in [1.82, 2.24) is 10.2 Å². The molecule has 0 saturated heterocycles. The highest BCUT2D eigenvalue weighted by molar-refractivity contribution is 8.00. The molecular weight excluding hydrogens is 388 g/mol. The van der Waals surface area contributed by atoms with Crippen LogP contribution in [0.5, 0.6) is 0 Å². The van der Waals surface area contributed by atoms with E-state index in [4.69, 9.17) is 4.74 Å². The van der Waals surface area contributed by atoms with Crippen molar-refractivity contribution in [3.05, 3.63) is 29.8 Å². The summed E-state index contributed by atoms with van der Waals surface area (Å²) in [6.07, 6.45) is 2.36. The van der Waals surface area contributed by atoms with Crippen molar-refractivity contribution in [3.8, 4) is 0 Å². The fourth-order valence-electron chi connectivity index (χ4n) is 3.39. The second-order valence-corrected chi connectivity index (χ2v) is 9.02.